The predicted octanol–water partition coefficient (Wildman–Crippen LogP) is 4.60. The van der Waals surface area contributed by atoms with Crippen molar-refractivity contribution in [3.63, 3.8) is 0 Å². The Morgan fingerprint density at radius 3 is 2.06 bits per heavy atom. The number of nitrogens with one attached hydrogen (secondary N) is 1. The van der Waals surface area contributed by atoms with Crippen molar-refractivity contribution in [2.75, 3.05) is 7.05 Å². The van der Waals surface area contributed by atoms with Gasteiger partial charge in [-0.2, -0.15) is 0 Å². The summed E-state index contributed by atoms with van der Waals surface area (Å²) in [7, 11) is 2.07. The zero-order valence-corrected chi connectivity index (χ0v) is 13.1. The molecular weight excluding hydrogens is 226 g/mol. The standard InChI is InChI=1S/C15H27NS/c1-10(2)11(3)14(16-7)12-8-9-13(17-12)15(4,5)6/h8-11,14,16H,1-7H3. The van der Waals surface area contributed by atoms with Crippen LogP contribution in [0.1, 0.15) is 57.3 Å². The highest BCUT2D eigenvalue weighted by molar-refractivity contribution is 7.12. The van der Waals surface area contributed by atoms with Crippen molar-refractivity contribution in [3.8, 4) is 0 Å². The summed E-state index contributed by atoms with van der Waals surface area (Å²) in [6.45, 7) is 13.8. The van der Waals surface area contributed by atoms with Crippen molar-refractivity contribution in [2.45, 2.75) is 53.0 Å². The molecule has 1 rings (SSSR count). The molecule has 0 bridgehead atoms. The van der Waals surface area contributed by atoms with Gasteiger partial charge in [0.1, 0.15) is 0 Å². The molecule has 1 nitrogen and oxygen atoms in total. The Labute approximate surface area is 111 Å². The van der Waals surface area contributed by atoms with Gasteiger partial charge in [0.2, 0.25) is 0 Å². The Hall–Kier alpha value is -0.340. The second-order valence-electron chi connectivity index (χ2n) is 6.32. The smallest absolute Gasteiger partial charge is 0.0440 e. The molecule has 2 atom stereocenters. The third-order valence-corrected chi connectivity index (χ3v) is 5.15. The van der Waals surface area contributed by atoms with Gasteiger partial charge in [0.15, 0.2) is 0 Å². The molecule has 1 aromatic rings. The molecule has 0 saturated heterocycles. The van der Waals surface area contributed by atoms with Crippen LogP contribution in [0.2, 0.25) is 0 Å². The molecule has 0 amide bonds. The maximum atomic E-state index is 3.47. The highest BCUT2D eigenvalue weighted by Gasteiger charge is 2.24. The molecule has 0 saturated carbocycles. The van der Waals surface area contributed by atoms with E-state index in [1.165, 1.54) is 9.75 Å². The molecular formula is C15H27NS. The topological polar surface area (TPSA) is 12.0 Å². The summed E-state index contributed by atoms with van der Waals surface area (Å²) in [6.07, 6.45) is 0. The fourth-order valence-electron chi connectivity index (χ4n) is 1.97. The average Bonchev–Trinajstić information content (AvgIpc) is 2.67. The lowest BCUT2D eigenvalue weighted by Crippen LogP contribution is -2.25. The zero-order valence-electron chi connectivity index (χ0n) is 12.3. The van der Waals surface area contributed by atoms with E-state index in [0.717, 1.165) is 0 Å². The van der Waals surface area contributed by atoms with Crippen LogP contribution in [0.5, 0.6) is 0 Å². The minimum atomic E-state index is 0.266. The summed E-state index contributed by atoms with van der Waals surface area (Å²) < 4.78 is 0. The van der Waals surface area contributed by atoms with Crippen LogP contribution in [0.3, 0.4) is 0 Å². The van der Waals surface area contributed by atoms with E-state index in [1.807, 2.05) is 11.3 Å². The van der Waals surface area contributed by atoms with Crippen LogP contribution >= 0.6 is 11.3 Å². The Bertz CT molecular complexity index is 346. The molecule has 1 aromatic heterocycles. The van der Waals surface area contributed by atoms with E-state index < -0.39 is 0 Å². The molecule has 0 aromatic carbocycles. The zero-order chi connectivity index (χ0) is 13.2. The van der Waals surface area contributed by atoms with Crippen LogP contribution in [0.4, 0.5) is 0 Å². The molecule has 2 unspecified atom stereocenters. The van der Waals surface area contributed by atoms with Crippen molar-refractivity contribution < 1.29 is 0 Å². The first-order valence-corrected chi connectivity index (χ1v) is 7.36. The highest BCUT2D eigenvalue weighted by Crippen LogP contribution is 2.36. The summed E-state index contributed by atoms with van der Waals surface area (Å²) >= 11 is 1.96. The van der Waals surface area contributed by atoms with Crippen LogP contribution in [-0.4, -0.2) is 7.05 Å². The molecule has 0 fully saturated rings. The van der Waals surface area contributed by atoms with Gasteiger partial charge in [0.05, 0.1) is 0 Å². The number of hydrogen-bond donors (Lipinski definition) is 1. The third-order valence-electron chi connectivity index (χ3n) is 3.56. The van der Waals surface area contributed by atoms with Crippen molar-refractivity contribution in [1.82, 2.24) is 5.32 Å². The molecule has 0 radical (unpaired) electrons. The van der Waals surface area contributed by atoms with E-state index in [0.29, 0.717) is 17.9 Å². The second kappa shape index (κ2) is 5.53. The molecule has 0 aliphatic carbocycles. The first-order valence-electron chi connectivity index (χ1n) is 6.54. The molecule has 17 heavy (non-hydrogen) atoms. The van der Waals surface area contributed by atoms with Gasteiger partial charge in [-0.05, 0) is 36.4 Å². The number of thiophene rings is 1. The summed E-state index contributed by atoms with van der Waals surface area (Å²) in [5.74, 6) is 1.36. The lowest BCUT2D eigenvalue weighted by Gasteiger charge is -2.26. The van der Waals surface area contributed by atoms with Crippen molar-refractivity contribution >= 4 is 11.3 Å². The largest absolute Gasteiger partial charge is 0.312 e. The SMILES string of the molecule is CNC(c1ccc(C(C)(C)C)s1)C(C)C(C)C. The minimum Gasteiger partial charge on any atom is -0.312 e. The Morgan fingerprint density at radius 1 is 1.12 bits per heavy atom. The normalized spacial score (nSPS) is 16.2. The lowest BCUT2D eigenvalue weighted by molar-refractivity contribution is 0.321. The molecule has 0 aliphatic rings. The van der Waals surface area contributed by atoms with Gasteiger partial charge in [0, 0.05) is 15.8 Å². The summed E-state index contributed by atoms with van der Waals surface area (Å²) in [5, 5.41) is 3.47. The van der Waals surface area contributed by atoms with E-state index in [4.69, 9.17) is 0 Å². The minimum absolute atomic E-state index is 0.266. The fraction of sp³-hybridized carbons (Fsp3) is 0.733. The maximum absolute atomic E-state index is 3.47. The van der Waals surface area contributed by atoms with Crippen molar-refractivity contribution in [3.05, 3.63) is 21.9 Å². The molecule has 2 heteroatoms. The van der Waals surface area contributed by atoms with Crippen LogP contribution in [0.25, 0.3) is 0 Å². The number of rotatable bonds is 4. The van der Waals surface area contributed by atoms with E-state index in [9.17, 15) is 0 Å². The molecule has 1 N–H and O–H groups in total. The monoisotopic (exact) mass is 253 g/mol. The summed E-state index contributed by atoms with van der Waals surface area (Å²) in [4.78, 5) is 2.95. The first-order chi connectivity index (χ1) is 7.77. The molecule has 98 valence electrons. The molecule has 1 heterocycles. The van der Waals surface area contributed by atoms with Crippen LogP contribution in [0.15, 0.2) is 12.1 Å². The van der Waals surface area contributed by atoms with E-state index in [1.54, 1.807) is 0 Å². The summed E-state index contributed by atoms with van der Waals surface area (Å²) in [6, 6.07) is 5.07. The van der Waals surface area contributed by atoms with Crippen LogP contribution in [0, 0.1) is 11.8 Å². The average molecular weight is 253 g/mol. The van der Waals surface area contributed by atoms with E-state index >= 15 is 0 Å². The van der Waals surface area contributed by atoms with E-state index in [2.05, 4.69) is 66.0 Å². The summed E-state index contributed by atoms with van der Waals surface area (Å²) in [5.41, 5.74) is 0.266. The Balaban J connectivity index is 2.94. The third kappa shape index (κ3) is 3.56. The van der Waals surface area contributed by atoms with Crippen molar-refractivity contribution in [2.24, 2.45) is 11.8 Å². The number of hydrogen-bond acceptors (Lipinski definition) is 2. The van der Waals surface area contributed by atoms with E-state index in [-0.39, 0.29) is 5.41 Å². The first kappa shape index (κ1) is 14.7. The molecule has 0 aliphatic heterocycles. The quantitative estimate of drug-likeness (QED) is 0.827. The fourth-order valence-corrected chi connectivity index (χ4v) is 3.26. The van der Waals surface area contributed by atoms with Crippen LogP contribution < -0.4 is 5.32 Å². The Morgan fingerprint density at radius 2 is 1.71 bits per heavy atom. The van der Waals surface area contributed by atoms with Gasteiger partial charge in [0.25, 0.3) is 0 Å². The van der Waals surface area contributed by atoms with Gasteiger partial charge in [-0.25, -0.2) is 0 Å². The Kier molecular flexibility index (Phi) is 4.79. The van der Waals surface area contributed by atoms with Gasteiger partial charge in [-0.15, -0.1) is 11.3 Å². The van der Waals surface area contributed by atoms with Gasteiger partial charge in [-0.3, -0.25) is 0 Å². The maximum Gasteiger partial charge on any atom is 0.0440 e. The molecule has 0 spiro atoms. The van der Waals surface area contributed by atoms with Crippen LogP contribution in [-0.2, 0) is 5.41 Å². The van der Waals surface area contributed by atoms with Gasteiger partial charge >= 0.3 is 0 Å². The van der Waals surface area contributed by atoms with Crippen molar-refractivity contribution in [1.29, 1.82) is 0 Å². The second-order valence-corrected chi connectivity index (χ2v) is 7.44. The van der Waals surface area contributed by atoms with Gasteiger partial charge in [-0.1, -0.05) is 41.5 Å². The lowest BCUT2D eigenvalue weighted by atomic mass is 9.89. The highest BCUT2D eigenvalue weighted by atomic mass is 32.1. The van der Waals surface area contributed by atoms with Gasteiger partial charge < -0.3 is 5.32 Å². The predicted molar refractivity (Wildman–Crippen MR) is 78.8 cm³/mol.